The van der Waals surface area contributed by atoms with Crippen molar-refractivity contribution in [2.75, 3.05) is 0 Å². The maximum absolute atomic E-state index is 11.9. The minimum absolute atomic E-state index is 0.232. The van der Waals surface area contributed by atoms with E-state index in [-0.39, 0.29) is 12.4 Å². The highest BCUT2D eigenvalue weighted by molar-refractivity contribution is 5.62. The van der Waals surface area contributed by atoms with Crippen LogP contribution in [-0.2, 0) is 11.4 Å². The van der Waals surface area contributed by atoms with Crippen LogP contribution in [0.15, 0.2) is 29.4 Å². The van der Waals surface area contributed by atoms with Gasteiger partial charge in [-0.25, -0.2) is 0 Å². The van der Waals surface area contributed by atoms with Gasteiger partial charge in [0.2, 0.25) is 0 Å². The van der Waals surface area contributed by atoms with E-state index in [1.54, 1.807) is 6.21 Å². The smallest absolute Gasteiger partial charge is 0.406 e. The number of hydrogen-bond donors (Lipinski definition) is 0. The van der Waals surface area contributed by atoms with Crippen molar-refractivity contribution in [1.82, 2.24) is 0 Å². The molecule has 0 heterocycles. The van der Waals surface area contributed by atoms with Crippen molar-refractivity contribution in [3.05, 3.63) is 29.8 Å². The van der Waals surface area contributed by atoms with Gasteiger partial charge in [0, 0.05) is 6.21 Å². The molecule has 2 rings (SSSR count). The zero-order valence-electron chi connectivity index (χ0n) is 9.48. The van der Waals surface area contributed by atoms with Crippen LogP contribution in [0.1, 0.15) is 18.4 Å². The average molecular weight is 259 g/mol. The van der Waals surface area contributed by atoms with Crippen molar-refractivity contribution in [2.24, 2.45) is 11.1 Å². The lowest BCUT2D eigenvalue weighted by atomic mass is 10.2. The molecule has 0 saturated heterocycles. The molecule has 0 atom stereocenters. The van der Waals surface area contributed by atoms with Crippen LogP contribution in [0.25, 0.3) is 0 Å². The number of ether oxygens (including phenoxy) is 1. The van der Waals surface area contributed by atoms with Gasteiger partial charge in [-0.1, -0.05) is 17.3 Å². The summed E-state index contributed by atoms with van der Waals surface area (Å²) in [7, 11) is 0. The Labute approximate surface area is 102 Å². The molecule has 0 bridgehead atoms. The maximum atomic E-state index is 11.9. The van der Waals surface area contributed by atoms with E-state index in [4.69, 9.17) is 4.84 Å². The number of nitrogens with zero attached hydrogens (tertiary/aromatic N) is 1. The van der Waals surface area contributed by atoms with Crippen LogP contribution < -0.4 is 4.74 Å². The van der Waals surface area contributed by atoms with Crippen LogP contribution in [0, 0.1) is 5.92 Å². The molecule has 1 aliphatic carbocycles. The van der Waals surface area contributed by atoms with Gasteiger partial charge in [0.05, 0.1) is 0 Å². The fraction of sp³-hybridized carbons (Fsp3) is 0.417. The summed E-state index contributed by atoms with van der Waals surface area (Å²) in [5, 5.41) is 3.77. The monoisotopic (exact) mass is 259 g/mol. The molecular formula is C12H12F3NO2. The number of benzene rings is 1. The van der Waals surface area contributed by atoms with Crippen molar-refractivity contribution >= 4 is 6.21 Å². The fourth-order valence-corrected chi connectivity index (χ4v) is 1.27. The van der Waals surface area contributed by atoms with Gasteiger partial charge in [-0.2, -0.15) is 0 Å². The molecule has 0 aliphatic heterocycles. The summed E-state index contributed by atoms with van der Waals surface area (Å²) in [5.41, 5.74) is 0.734. The zero-order valence-corrected chi connectivity index (χ0v) is 9.48. The van der Waals surface area contributed by atoms with E-state index < -0.39 is 6.36 Å². The molecule has 1 aromatic carbocycles. The average Bonchev–Trinajstić information content (AvgIpc) is 3.08. The van der Waals surface area contributed by atoms with Gasteiger partial charge < -0.3 is 9.57 Å². The Morgan fingerprint density at radius 2 is 1.89 bits per heavy atom. The third-order valence-corrected chi connectivity index (χ3v) is 2.36. The summed E-state index contributed by atoms with van der Waals surface area (Å²) in [6.45, 7) is 0.232. The molecule has 1 fully saturated rings. The van der Waals surface area contributed by atoms with E-state index in [1.807, 2.05) is 0 Å². The normalized spacial score (nSPS) is 15.9. The third kappa shape index (κ3) is 4.65. The standard InChI is InChI=1S/C12H12F3NO2/c13-12(14,15)18-11-5-3-10(4-6-11)8-17-16-7-9-1-2-9/h3-7,9H,1-2,8H2. The second-order valence-corrected chi connectivity index (χ2v) is 4.06. The molecular weight excluding hydrogens is 247 g/mol. The van der Waals surface area contributed by atoms with Crippen LogP contribution >= 0.6 is 0 Å². The van der Waals surface area contributed by atoms with Crippen molar-refractivity contribution in [1.29, 1.82) is 0 Å². The van der Waals surface area contributed by atoms with E-state index in [2.05, 4.69) is 9.89 Å². The molecule has 0 amide bonds. The van der Waals surface area contributed by atoms with Crippen LogP contribution in [0.3, 0.4) is 0 Å². The largest absolute Gasteiger partial charge is 0.573 e. The molecule has 3 nitrogen and oxygen atoms in total. The Balaban J connectivity index is 1.79. The number of rotatable bonds is 5. The number of halogens is 3. The van der Waals surface area contributed by atoms with E-state index >= 15 is 0 Å². The summed E-state index contributed by atoms with van der Waals surface area (Å²) in [4.78, 5) is 5.02. The predicted molar refractivity (Wildman–Crippen MR) is 59.1 cm³/mol. The van der Waals surface area contributed by atoms with E-state index in [9.17, 15) is 13.2 Å². The lowest BCUT2D eigenvalue weighted by Crippen LogP contribution is -2.17. The summed E-state index contributed by atoms with van der Waals surface area (Å²) in [6.07, 6.45) is -0.611. The second kappa shape index (κ2) is 5.29. The lowest BCUT2D eigenvalue weighted by Gasteiger charge is -2.08. The lowest BCUT2D eigenvalue weighted by molar-refractivity contribution is -0.274. The molecule has 1 aromatic rings. The Bertz CT molecular complexity index is 410. The topological polar surface area (TPSA) is 30.8 Å². The first-order valence-electron chi connectivity index (χ1n) is 5.53. The highest BCUT2D eigenvalue weighted by Crippen LogP contribution is 2.26. The van der Waals surface area contributed by atoms with Gasteiger partial charge in [0.25, 0.3) is 0 Å². The fourth-order valence-electron chi connectivity index (χ4n) is 1.27. The molecule has 6 heteroatoms. The number of oxime groups is 1. The Hall–Kier alpha value is -1.72. The van der Waals surface area contributed by atoms with Crippen molar-refractivity contribution in [2.45, 2.75) is 25.8 Å². The van der Waals surface area contributed by atoms with E-state index in [1.165, 1.54) is 24.3 Å². The molecule has 1 aliphatic rings. The Kier molecular flexibility index (Phi) is 3.74. The Morgan fingerprint density at radius 3 is 2.44 bits per heavy atom. The van der Waals surface area contributed by atoms with Gasteiger partial charge in [0.1, 0.15) is 12.4 Å². The zero-order chi connectivity index (χ0) is 13.0. The third-order valence-electron chi connectivity index (χ3n) is 2.36. The van der Waals surface area contributed by atoms with Crippen LogP contribution in [0.4, 0.5) is 13.2 Å². The van der Waals surface area contributed by atoms with Gasteiger partial charge in [-0.15, -0.1) is 13.2 Å². The molecule has 1 saturated carbocycles. The minimum atomic E-state index is -4.66. The molecule has 0 spiro atoms. The van der Waals surface area contributed by atoms with E-state index in [0.29, 0.717) is 5.92 Å². The molecule has 0 N–H and O–H groups in total. The summed E-state index contributed by atoms with van der Waals surface area (Å²) in [6, 6.07) is 5.51. The summed E-state index contributed by atoms with van der Waals surface area (Å²) < 4.78 is 39.5. The Morgan fingerprint density at radius 1 is 1.22 bits per heavy atom. The highest BCUT2D eigenvalue weighted by atomic mass is 19.4. The van der Waals surface area contributed by atoms with Crippen molar-refractivity contribution in [3.8, 4) is 5.75 Å². The van der Waals surface area contributed by atoms with Crippen molar-refractivity contribution in [3.63, 3.8) is 0 Å². The number of hydrogen-bond acceptors (Lipinski definition) is 3. The first kappa shape index (κ1) is 12.7. The van der Waals surface area contributed by atoms with E-state index in [0.717, 1.165) is 18.4 Å². The first-order valence-corrected chi connectivity index (χ1v) is 5.53. The molecule has 0 unspecified atom stereocenters. The van der Waals surface area contributed by atoms with Crippen LogP contribution in [0.2, 0.25) is 0 Å². The molecule has 0 aromatic heterocycles. The molecule has 98 valence electrons. The first-order chi connectivity index (χ1) is 8.53. The van der Waals surface area contributed by atoms with Gasteiger partial charge in [-0.05, 0) is 36.5 Å². The van der Waals surface area contributed by atoms with Gasteiger partial charge in [0.15, 0.2) is 0 Å². The minimum Gasteiger partial charge on any atom is -0.406 e. The van der Waals surface area contributed by atoms with Crippen LogP contribution in [-0.4, -0.2) is 12.6 Å². The quantitative estimate of drug-likeness (QED) is 0.598. The summed E-state index contributed by atoms with van der Waals surface area (Å²) in [5.74, 6) is 0.292. The maximum Gasteiger partial charge on any atom is 0.573 e. The second-order valence-electron chi connectivity index (χ2n) is 4.06. The molecule has 0 radical (unpaired) electrons. The van der Waals surface area contributed by atoms with Crippen molar-refractivity contribution < 1.29 is 22.7 Å². The van der Waals surface area contributed by atoms with Gasteiger partial charge >= 0.3 is 6.36 Å². The predicted octanol–water partition coefficient (Wildman–Crippen LogP) is 3.50. The SMILES string of the molecule is FC(F)(F)Oc1ccc(CON=CC2CC2)cc1. The molecule has 18 heavy (non-hydrogen) atoms. The summed E-state index contributed by atoms with van der Waals surface area (Å²) >= 11 is 0. The van der Waals surface area contributed by atoms with Gasteiger partial charge in [-0.3, -0.25) is 0 Å². The van der Waals surface area contributed by atoms with Crippen LogP contribution in [0.5, 0.6) is 5.75 Å². The highest BCUT2D eigenvalue weighted by Gasteiger charge is 2.30. The number of alkyl halides is 3.